The molecule has 3 N–H and O–H groups in total. The van der Waals surface area contributed by atoms with Gasteiger partial charge in [0.05, 0.1) is 6.42 Å². The molecule has 0 aromatic heterocycles. The molecule has 0 heterocycles. The van der Waals surface area contributed by atoms with Crippen LogP contribution in [-0.4, -0.2) is 39.9 Å². The van der Waals surface area contributed by atoms with Crippen LogP contribution in [0.2, 0.25) is 0 Å². The molecule has 0 rings (SSSR count). The average Bonchev–Trinajstić information content (AvgIpc) is 2.84. The Morgan fingerprint density at radius 2 is 0.872 bits per heavy atom. The largest absolute Gasteiger partial charge is 1.00 e. The Kier molecular flexibility index (Phi) is 24.6. The van der Waals surface area contributed by atoms with Gasteiger partial charge in [-0.3, -0.25) is 14.1 Å². The molecule has 0 radical (unpaired) electrons. The van der Waals surface area contributed by atoms with Crippen LogP contribution in [0.15, 0.2) is 0 Å². The van der Waals surface area contributed by atoms with E-state index in [2.05, 4.69) is 20.8 Å². The van der Waals surface area contributed by atoms with Gasteiger partial charge in [0.25, 0.3) is 10.1 Å². The molecule has 7 nitrogen and oxygen atoms in total. The minimum Gasteiger partial charge on any atom is -1.00 e. The summed E-state index contributed by atoms with van der Waals surface area (Å²) in [6, 6.07) is 0. The van der Waals surface area contributed by atoms with E-state index < -0.39 is 38.6 Å². The molecule has 0 aromatic rings. The number of rotatable bonds is 27. The van der Waals surface area contributed by atoms with Crippen LogP contribution in [0.1, 0.15) is 170 Å². The predicted octanol–water partition coefficient (Wildman–Crippen LogP) is 5.92. The van der Waals surface area contributed by atoms with Crippen molar-refractivity contribution in [3.63, 3.8) is 0 Å². The second kappa shape index (κ2) is 23.4. The second-order valence-electron chi connectivity index (χ2n) is 11.4. The Labute approximate surface area is 263 Å². The number of hydrogen-bond donors (Lipinski definition) is 3. The summed E-state index contributed by atoms with van der Waals surface area (Å²) in [7, 11) is -5.22. The summed E-state index contributed by atoms with van der Waals surface area (Å²) in [6.45, 7) is 6.42. The molecule has 39 heavy (non-hydrogen) atoms. The van der Waals surface area contributed by atoms with Gasteiger partial charge < -0.3 is 11.6 Å². The molecule has 0 saturated heterocycles. The Bertz CT molecular complexity index is 732. The van der Waals surface area contributed by atoms with Crippen LogP contribution in [0.25, 0.3) is 0 Å². The van der Waals surface area contributed by atoms with Crippen molar-refractivity contribution in [2.75, 3.05) is 0 Å². The zero-order valence-corrected chi connectivity index (χ0v) is 28.5. The van der Waals surface area contributed by atoms with Crippen LogP contribution in [0.5, 0.6) is 0 Å². The molecule has 0 aliphatic rings. The van der Waals surface area contributed by atoms with E-state index in [9.17, 15) is 32.8 Å². The number of carboxylic acids is 2. The zero-order valence-electron chi connectivity index (χ0n) is 26.6. The van der Waals surface area contributed by atoms with Crippen molar-refractivity contribution in [1.29, 1.82) is 0 Å². The standard InChI is InChI=1S/C30H58O7S.Na.H/c1-4-7-10-13-16-19-22-25-29(23-20-17-14-11-8-5-2,24-21-18-15-12-9-6-3)30(28(33)34,26-27(31)32)38(35,36)37;;/h4-26H2,1-3H3,(H,31,32)(H,33,34)(H,35,36,37);;/q;+1;-1. The van der Waals surface area contributed by atoms with E-state index in [-0.39, 0.29) is 31.0 Å². The number of hydrogen-bond acceptors (Lipinski definition) is 4. The third-order valence-corrected chi connectivity index (χ3v) is 9.95. The average molecular weight is 587 g/mol. The van der Waals surface area contributed by atoms with Crippen LogP contribution in [-0.2, 0) is 19.7 Å². The summed E-state index contributed by atoms with van der Waals surface area (Å²) in [5.41, 5.74) is -1.33. The van der Waals surface area contributed by atoms with Gasteiger partial charge >= 0.3 is 41.5 Å². The van der Waals surface area contributed by atoms with E-state index >= 15 is 0 Å². The van der Waals surface area contributed by atoms with Crippen LogP contribution < -0.4 is 29.6 Å². The van der Waals surface area contributed by atoms with Gasteiger partial charge in [-0.1, -0.05) is 143 Å². The number of unbranched alkanes of at least 4 members (excludes halogenated alkanes) is 16. The first-order chi connectivity index (χ1) is 18.0. The van der Waals surface area contributed by atoms with Gasteiger partial charge in [0.2, 0.25) is 4.75 Å². The fourth-order valence-corrected chi connectivity index (χ4v) is 7.45. The third-order valence-electron chi connectivity index (χ3n) is 8.32. The summed E-state index contributed by atoms with van der Waals surface area (Å²) in [6.07, 6.45) is 18.2. The molecular weight excluding hydrogens is 527 g/mol. The van der Waals surface area contributed by atoms with Crippen LogP contribution in [0, 0.1) is 5.41 Å². The number of aliphatic carboxylic acids is 2. The maximum atomic E-state index is 12.9. The van der Waals surface area contributed by atoms with Crippen LogP contribution in [0.3, 0.4) is 0 Å². The van der Waals surface area contributed by atoms with Gasteiger partial charge in [-0.2, -0.15) is 8.42 Å². The monoisotopic (exact) mass is 586 g/mol. The molecule has 0 fully saturated rings. The minimum atomic E-state index is -5.22. The first kappa shape index (κ1) is 41.0. The van der Waals surface area contributed by atoms with Crippen LogP contribution >= 0.6 is 0 Å². The van der Waals surface area contributed by atoms with Gasteiger partial charge in [-0.15, -0.1) is 0 Å². The Morgan fingerprint density at radius 1 is 0.590 bits per heavy atom. The first-order valence-electron chi connectivity index (χ1n) is 15.5. The molecule has 1 atom stereocenters. The second-order valence-corrected chi connectivity index (χ2v) is 13.0. The van der Waals surface area contributed by atoms with Crippen molar-refractivity contribution >= 4 is 22.1 Å². The number of carbonyl (C=O) groups is 2. The van der Waals surface area contributed by atoms with Crippen molar-refractivity contribution in [3.8, 4) is 0 Å². The van der Waals surface area contributed by atoms with E-state index in [1.807, 2.05) is 0 Å². The molecule has 228 valence electrons. The SMILES string of the molecule is CCCCCCCCCC(CCCCCCCC)(CCCCCCCC)C(CC(=O)O)(C(=O)O)S(=O)(=O)O.[H-].[Na+]. The molecule has 9 heteroatoms. The van der Waals surface area contributed by atoms with Crippen molar-refractivity contribution < 1.29 is 63.8 Å². The molecular formula is C30H59NaO7S. The summed E-state index contributed by atoms with van der Waals surface area (Å²) in [5.74, 6) is -3.25. The molecule has 0 saturated carbocycles. The Hall–Kier alpha value is -0.150. The number of carboxylic acid groups (broad SMARTS) is 2. The van der Waals surface area contributed by atoms with Crippen molar-refractivity contribution in [3.05, 3.63) is 0 Å². The maximum Gasteiger partial charge on any atom is 1.00 e. The molecule has 0 aliphatic carbocycles. The van der Waals surface area contributed by atoms with Crippen molar-refractivity contribution in [2.45, 2.75) is 173 Å². The van der Waals surface area contributed by atoms with Gasteiger partial charge in [-0.25, -0.2) is 0 Å². The van der Waals surface area contributed by atoms with E-state index in [0.717, 1.165) is 96.3 Å². The van der Waals surface area contributed by atoms with Gasteiger partial charge in [-0.05, 0) is 19.3 Å². The van der Waals surface area contributed by atoms with Gasteiger partial charge in [0.15, 0.2) is 0 Å². The topological polar surface area (TPSA) is 129 Å². The Morgan fingerprint density at radius 3 is 1.10 bits per heavy atom. The zero-order chi connectivity index (χ0) is 28.9. The van der Waals surface area contributed by atoms with E-state index in [1.54, 1.807) is 0 Å². The molecule has 0 aromatic carbocycles. The van der Waals surface area contributed by atoms with Gasteiger partial charge in [0.1, 0.15) is 0 Å². The summed E-state index contributed by atoms with van der Waals surface area (Å²) in [4.78, 5) is 24.7. The molecule has 0 aliphatic heterocycles. The summed E-state index contributed by atoms with van der Waals surface area (Å²) in [5, 5.41) is 20.1. The quantitative estimate of drug-likeness (QED) is 0.0619. The fraction of sp³-hybridized carbons (Fsp3) is 0.933. The molecule has 0 bridgehead atoms. The van der Waals surface area contributed by atoms with Crippen molar-refractivity contribution in [1.82, 2.24) is 0 Å². The minimum absolute atomic E-state index is 0. The third kappa shape index (κ3) is 15.1. The normalized spacial score (nSPS) is 13.5. The predicted molar refractivity (Wildman–Crippen MR) is 156 cm³/mol. The summed E-state index contributed by atoms with van der Waals surface area (Å²) < 4.78 is 33.6. The van der Waals surface area contributed by atoms with Crippen molar-refractivity contribution in [2.24, 2.45) is 5.41 Å². The van der Waals surface area contributed by atoms with E-state index in [0.29, 0.717) is 38.5 Å². The molecule has 0 amide bonds. The molecule has 0 spiro atoms. The fourth-order valence-electron chi connectivity index (χ4n) is 6.07. The molecule has 1 unspecified atom stereocenters. The van der Waals surface area contributed by atoms with E-state index in [1.165, 1.54) is 6.42 Å². The summed E-state index contributed by atoms with van der Waals surface area (Å²) >= 11 is 0. The maximum absolute atomic E-state index is 12.9. The van der Waals surface area contributed by atoms with E-state index in [4.69, 9.17) is 0 Å². The Balaban J connectivity index is -0.00000684. The smallest absolute Gasteiger partial charge is 1.00 e. The van der Waals surface area contributed by atoms with Gasteiger partial charge in [0, 0.05) is 5.41 Å². The first-order valence-corrected chi connectivity index (χ1v) is 16.9. The van der Waals surface area contributed by atoms with Crippen LogP contribution in [0.4, 0.5) is 0 Å².